The molecule has 6 nitrogen and oxygen atoms in total. The first kappa shape index (κ1) is 17.4. The molecular formula is C17H25N3O3. The Morgan fingerprint density at radius 1 is 1.13 bits per heavy atom. The number of amides is 2. The molecule has 1 fully saturated rings. The van der Waals surface area contributed by atoms with Crippen molar-refractivity contribution in [2.24, 2.45) is 5.73 Å². The number of rotatable bonds is 5. The molecule has 1 saturated heterocycles. The minimum Gasteiger partial charge on any atom is -0.383 e. The van der Waals surface area contributed by atoms with E-state index in [4.69, 9.17) is 10.5 Å². The van der Waals surface area contributed by atoms with Crippen molar-refractivity contribution in [2.45, 2.75) is 19.4 Å². The van der Waals surface area contributed by atoms with Crippen LogP contribution in [-0.4, -0.2) is 67.6 Å². The summed E-state index contributed by atoms with van der Waals surface area (Å²) in [6, 6.07) is 7.36. The summed E-state index contributed by atoms with van der Waals surface area (Å²) in [5, 5.41) is 0. The molecule has 1 atom stereocenters. The lowest BCUT2D eigenvalue weighted by Crippen LogP contribution is -2.55. The Labute approximate surface area is 137 Å². The number of aryl methyl sites for hydroxylation is 1. The van der Waals surface area contributed by atoms with Crippen LogP contribution in [0.5, 0.6) is 0 Å². The Bertz CT molecular complexity index is 537. The number of ether oxygens (including phenoxy) is 1. The second-order valence-corrected chi connectivity index (χ2v) is 5.93. The smallest absolute Gasteiger partial charge is 0.241 e. The van der Waals surface area contributed by atoms with Gasteiger partial charge in [0.2, 0.25) is 11.8 Å². The van der Waals surface area contributed by atoms with Crippen molar-refractivity contribution < 1.29 is 14.3 Å². The first-order valence-corrected chi connectivity index (χ1v) is 7.88. The fourth-order valence-corrected chi connectivity index (χ4v) is 2.65. The number of carbonyl (C=O) groups excluding carboxylic acids is 2. The molecule has 1 aromatic carbocycles. The number of benzene rings is 1. The Kier molecular flexibility index (Phi) is 6.12. The fraction of sp³-hybridized carbons (Fsp3) is 0.529. The van der Waals surface area contributed by atoms with Crippen molar-refractivity contribution in [3.8, 4) is 0 Å². The highest BCUT2D eigenvalue weighted by Gasteiger charge is 2.27. The van der Waals surface area contributed by atoms with Gasteiger partial charge in [0.15, 0.2) is 0 Å². The number of nitrogens with zero attached hydrogens (tertiary/aromatic N) is 2. The van der Waals surface area contributed by atoms with E-state index in [1.54, 1.807) is 4.90 Å². The molecular weight excluding hydrogens is 294 g/mol. The average molecular weight is 319 g/mol. The highest BCUT2D eigenvalue weighted by molar-refractivity contribution is 5.83. The van der Waals surface area contributed by atoms with Gasteiger partial charge in [0.1, 0.15) is 6.04 Å². The summed E-state index contributed by atoms with van der Waals surface area (Å²) in [6.07, 6.45) is 0.400. The lowest BCUT2D eigenvalue weighted by Gasteiger charge is -2.36. The van der Waals surface area contributed by atoms with E-state index >= 15 is 0 Å². The van der Waals surface area contributed by atoms with E-state index in [1.807, 2.05) is 36.1 Å². The van der Waals surface area contributed by atoms with E-state index in [0.29, 0.717) is 32.6 Å². The molecule has 2 amide bonds. The molecule has 6 heteroatoms. The van der Waals surface area contributed by atoms with Crippen LogP contribution in [0, 0.1) is 6.92 Å². The average Bonchev–Trinajstić information content (AvgIpc) is 2.56. The predicted molar refractivity (Wildman–Crippen MR) is 87.9 cm³/mol. The molecule has 126 valence electrons. The van der Waals surface area contributed by atoms with Crippen molar-refractivity contribution in [3.05, 3.63) is 35.4 Å². The summed E-state index contributed by atoms with van der Waals surface area (Å²) >= 11 is 0. The summed E-state index contributed by atoms with van der Waals surface area (Å²) in [7, 11) is 1.52. The normalized spacial score (nSPS) is 16.3. The lowest BCUT2D eigenvalue weighted by molar-refractivity contribution is -0.140. The standard InChI is InChI=1S/C17H25N3O3/c1-13-3-5-14(6-4-13)11-16(21)19-7-9-20(10-8-19)17(22)15(18)12-23-2/h3-6,15H,7-12,18H2,1-2H3. The van der Waals surface area contributed by atoms with Crippen LogP contribution < -0.4 is 5.73 Å². The van der Waals surface area contributed by atoms with Gasteiger partial charge < -0.3 is 20.3 Å². The second kappa shape index (κ2) is 8.08. The largest absolute Gasteiger partial charge is 0.383 e. The third-order valence-corrected chi connectivity index (χ3v) is 4.08. The minimum atomic E-state index is -0.630. The van der Waals surface area contributed by atoms with Gasteiger partial charge in [-0.15, -0.1) is 0 Å². The third kappa shape index (κ3) is 4.77. The zero-order valence-corrected chi connectivity index (χ0v) is 13.8. The zero-order chi connectivity index (χ0) is 16.8. The van der Waals surface area contributed by atoms with E-state index in [0.717, 1.165) is 5.56 Å². The predicted octanol–water partition coefficient (Wildman–Crippen LogP) is 0.182. The van der Waals surface area contributed by atoms with Gasteiger partial charge in [-0.1, -0.05) is 29.8 Å². The maximum absolute atomic E-state index is 12.3. The van der Waals surface area contributed by atoms with Crippen LogP contribution >= 0.6 is 0 Å². The van der Waals surface area contributed by atoms with Crippen molar-refractivity contribution in [1.29, 1.82) is 0 Å². The number of hydrogen-bond acceptors (Lipinski definition) is 4. The first-order valence-electron chi connectivity index (χ1n) is 7.88. The Morgan fingerprint density at radius 2 is 1.70 bits per heavy atom. The topological polar surface area (TPSA) is 75.9 Å². The van der Waals surface area contributed by atoms with Crippen LogP contribution in [0.4, 0.5) is 0 Å². The van der Waals surface area contributed by atoms with Crippen LogP contribution in [-0.2, 0) is 20.7 Å². The molecule has 1 aromatic rings. The van der Waals surface area contributed by atoms with Crippen LogP contribution in [0.3, 0.4) is 0 Å². The fourth-order valence-electron chi connectivity index (χ4n) is 2.65. The zero-order valence-electron chi connectivity index (χ0n) is 13.8. The van der Waals surface area contributed by atoms with Crippen molar-refractivity contribution in [2.75, 3.05) is 39.9 Å². The van der Waals surface area contributed by atoms with E-state index in [1.165, 1.54) is 12.7 Å². The maximum atomic E-state index is 12.3. The van der Waals surface area contributed by atoms with E-state index in [2.05, 4.69) is 0 Å². The molecule has 0 spiro atoms. The first-order chi connectivity index (χ1) is 11.0. The molecule has 2 N–H and O–H groups in total. The van der Waals surface area contributed by atoms with E-state index < -0.39 is 6.04 Å². The molecule has 0 aliphatic carbocycles. The quantitative estimate of drug-likeness (QED) is 0.840. The molecule has 1 heterocycles. The van der Waals surface area contributed by atoms with Gasteiger partial charge in [0, 0.05) is 33.3 Å². The summed E-state index contributed by atoms with van der Waals surface area (Å²) in [5.41, 5.74) is 7.97. The monoisotopic (exact) mass is 319 g/mol. The molecule has 0 bridgehead atoms. The van der Waals surface area contributed by atoms with Gasteiger partial charge in [-0.2, -0.15) is 0 Å². The van der Waals surface area contributed by atoms with Crippen molar-refractivity contribution in [3.63, 3.8) is 0 Å². The van der Waals surface area contributed by atoms with Crippen LogP contribution in [0.25, 0.3) is 0 Å². The molecule has 0 saturated carbocycles. The van der Waals surface area contributed by atoms with Crippen LogP contribution in [0.2, 0.25) is 0 Å². The molecule has 2 rings (SSSR count). The Balaban J connectivity index is 1.82. The highest BCUT2D eigenvalue weighted by atomic mass is 16.5. The van der Waals surface area contributed by atoms with Crippen molar-refractivity contribution >= 4 is 11.8 Å². The van der Waals surface area contributed by atoms with Gasteiger partial charge in [-0.05, 0) is 12.5 Å². The molecule has 23 heavy (non-hydrogen) atoms. The number of carbonyl (C=O) groups is 2. The lowest BCUT2D eigenvalue weighted by atomic mass is 10.1. The molecule has 1 aliphatic rings. The summed E-state index contributed by atoms with van der Waals surface area (Å²) in [5.74, 6) is -0.0142. The van der Waals surface area contributed by atoms with Crippen molar-refractivity contribution in [1.82, 2.24) is 9.80 Å². The second-order valence-electron chi connectivity index (χ2n) is 5.93. The number of piperazine rings is 1. The summed E-state index contributed by atoms with van der Waals surface area (Å²) in [4.78, 5) is 28.0. The highest BCUT2D eigenvalue weighted by Crippen LogP contribution is 2.09. The molecule has 0 radical (unpaired) electrons. The van der Waals surface area contributed by atoms with Crippen LogP contribution in [0.15, 0.2) is 24.3 Å². The van der Waals surface area contributed by atoms with E-state index in [9.17, 15) is 9.59 Å². The molecule has 0 aromatic heterocycles. The van der Waals surface area contributed by atoms with Gasteiger partial charge in [0.25, 0.3) is 0 Å². The Morgan fingerprint density at radius 3 is 2.26 bits per heavy atom. The number of methoxy groups -OCH3 is 1. The minimum absolute atomic E-state index is 0.0992. The van der Waals surface area contributed by atoms with Gasteiger partial charge in [0.05, 0.1) is 13.0 Å². The summed E-state index contributed by atoms with van der Waals surface area (Å²) in [6.45, 7) is 4.39. The van der Waals surface area contributed by atoms with Gasteiger partial charge >= 0.3 is 0 Å². The van der Waals surface area contributed by atoms with Gasteiger partial charge in [-0.25, -0.2) is 0 Å². The summed E-state index contributed by atoms with van der Waals surface area (Å²) < 4.78 is 4.91. The number of hydrogen-bond donors (Lipinski definition) is 1. The van der Waals surface area contributed by atoms with Crippen LogP contribution in [0.1, 0.15) is 11.1 Å². The van der Waals surface area contributed by atoms with Gasteiger partial charge in [-0.3, -0.25) is 9.59 Å². The third-order valence-electron chi connectivity index (χ3n) is 4.08. The Hall–Kier alpha value is -1.92. The number of nitrogens with two attached hydrogens (primary N) is 1. The van der Waals surface area contributed by atoms with E-state index in [-0.39, 0.29) is 18.4 Å². The molecule has 1 unspecified atom stereocenters. The molecule has 1 aliphatic heterocycles. The SMILES string of the molecule is COCC(N)C(=O)N1CCN(C(=O)Cc2ccc(C)cc2)CC1. The maximum Gasteiger partial charge on any atom is 0.241 e.